The molecule has 7 heteroatoms. The number of hydrogen-bond donors (Lipinski definition) is 1. The molecule has 136 valence electrons. The summed E-state index contributed by atoms with van der Waals surface area (Å²) >= 11 is 1.44. The monoisotopic (exact) mass is 372 g/mol. The predicted octanol–water partition coefficient (Wildman–Crippen LogP) is 3.78. The van der Waals surface area contributed by atoms with Crippen LogP contribution in [0, 0.1) is 0 Å². The number of ether oxygens (including phenoxy) is 2. The maximum Gasteiger partial charge on any atom is 0.226 e. The van der Waals surface area contributed by atoms with Gasteiger partial charge >= 0.3 is 0 Å². The summed E-state index contributed by atoms with van der Waals surface area (Å²) in [5.41, 5.74) is 1.60. The van der Waals surface area contributed by atoms with Crippen LogP contribution in [0.5, 0.6) is 11.5 Å². The number of fused-ring (bicyclic) bond motifs is 1. The van der Waals surface area contributed by atoms with Crippen LogP contribution in [0.2, 0.25) is 0 Å². The largest absolute Gasteiger partial charge is 0.486 e. The third-order valence-corrected chi connectivity index (χ3v) is 5.51. The second kappa shape index (κ2) is 7.45. The van der Waals surface area contributed by atoms with Crippen LogP contribution < -0.4 is 14.8 Å². The van der Waals surface area contributed by atoms with Crippen LogP contribution in [-0.2, 0) is 4.79 Å². The van der Waals surface area contributed by atoms with E-state index in [9.17, 15) is 9.59 Å². The first kappa shape index (κ1) is 17.0. The van der Waals surface area contributed by atoms with E-state index in [-0.39, 0.29) is 24.5 Å². The number of aromatic nitrogens is 1. The van der Waals surface area contributed by atoms with Gasteiger partial charge in [-0.05, 0) is 31.0 Å². The number of thiazole rings is 1. The van der Waals surface area contributed by atoms with Crippen LogP contribution in [0.1, 0.15) is 54.1 Å². The van der Waals surface area contributed by atoms with E-state index < -0.39 is 0 Å². The number of Topliss-reactive ketones (excluding diaryl/α,β-unsaturated/α-hetero) is 1. The van der Waals surface area contributed by atoms with Crippen molar-refractivity contribution >= 4 is 28.2 Å². The van der Waals surface area contributed by atoms with Gasteiger partial charge in [0.1, 0.15) is 13.2 Å². The summed E-state index contributed by atoms with van der Waals surface area (Å²) in [7, 11) is 0. The Balaban J connectivity index is 1.29. The van der Waals surface area contributed by atoms with Crippen molar-refractivity contribution in [2.75, 3.05) is 18.5 Å². The molecule has 1 aromatic carbocycles. The minimum atomic E-state index is -0.189. The second-order valence-corrected chi connectivity index (χ2v) is 7.39. The standard InChI is InChI=1S/C19H20N2O4S/c22-15(13-4-6-16-17(10-13)25-9-8-24-16)5-7-18(23)21-19-20-14(11-26-19)12-2-1-3-12/h4,6,10-12H,1-3,5,7-9H2,(H,20,21,23). The minimum Gasteiger partial charge on any atom is -0.486 e. The van der Waals surface area contributed by atoms with Crippen LogP contribution >= 0.6 is 11.3 Å². The molecule has 0 bridgehead atoms. The lowest BCUT2D eigenvalue weighted by Gasteiger charge is -2.22. The molecule has 1 saturated carbocycles. The molecule has 2 heterocycles. The Bertz CT molecular complexity index is 829. The lowest BCUT2D eigenvalue weighted by molar-refractivity contribution is -0.116. The van der Waals surface area contributed by atoms with Crippen molar-refractivity contribution in [3.05, 3.63) is 34.8 Å². The van der Waals surface area contributed by atoms with E-state index in [0.717, 1.165) is 5.69 Å². The van der Waals surface area contributed by atoms with Gasteiger partial charge in [-0.2, -0.15) is 0 Å². The van der Waals surface area contributed by atoms with Crippen LogP contribution in [-0.4, -0.2) is 29.9 Å². The number of hydrogen-bond acceptors (Lipinski definition) is 6. The van der Waals surface area contributed by atoms with E-state index in [0.29, 0.717) is 41.3 Å². The predicted molar refractivity (Wildman–Crippen MR) is 98.3 cm³/mol. The van der Waals surface area contributed by atoms with Gasteiger partial charge < -0.3 is 14.8 Å². The fraction of sp³-hybridized carbons (Fsp3) is 0.421. The summed E-state index contributed by atoms with van der Waals surface area (Å²) in [6.07, 6.45) is 3.89. The maximum absolute atomic E-state index is 12.3. The van der Waals surface area contributed by atoms with Gasteiger partial charge in [-0.3, -0.25) is 9.59 Å². The van der Waals surface area contributed by atoms with E-state index >= 15 is 0 Å². The molecule has 0 saturated heterocycles. The highest BCUT2D eigenvalue weighted by Crippen LogP contribution is 2.37. The molecule has 26 heavy (non-hydrogen) atoms. The van der Waals surface area contributed by atoms with Gasteiger partial charge in [-0.15, -0.1) is 11.3 Å². The number of anilines is 1. The summed E-state index contributed by atoms with van der Waals surface area (Å²) in [6.45, 7) is 0.989. The average Bonchev–Trinajstić information content (AvgIpc) is 3.05. The molecule has 6 nitrogen and oxygen atoms in total. The van der Waals surface area contributed by atoms with Gasteiger partial charge in [0.15, 0.2) is 22.4 Å². The Hall–Kier alpha value is -2.41. The van der Waals surface area contributed by atoms with Crippen molar-refractivity contribution < 1.29 is 19.1 Å². The Morgan fingerprint density at radius 2 is 1.96 bits per heavy atom. The molecule has 1 aromatic heterocycles. The van der Waals surface area contributed by atoms with Crippen LogP contribution in [0.25, 0.3) is 0 Å². The molecule has 1 fully saturated rings. The van der Waals surface area contributed by atoms with Crippen molar-refractivity contribution in [3.8, 4) is 11.5 Å². The van der Waals surface area contributed by atoms with Gasteiger partial charge in [-0.1, -0.05) is 6.42 Å². The van der Waals surface area contributed by atoms with E-state index in [1.54, 1.807) is 18.2 Å². The lowest BCUT2D eigenvalue weighted by atomic mass is 9.83. The number of nitrogens with zero attached hydrogens (tertiary/aromatic N) is 1. The number of carbonyl (C=O) groups is 2. The molecule has 2 aromatic rings. The average molecular weight is 372 g/mol. The van der Waals surface area contributed by atoms with Crippen molar-refractivity contribution in [1.82, 2.24) is 4.98 Å². The Labute approximate surface area is 155 Å². The number of nitrogens with one attached hydrogen (secondary N) is 1. The summed E-state index contributed by atoms with van der Waals surface area (Å²) in [5, 5.41) is 5.42. The highest BCUT2D eigenvalue weighted by atomic mass is 32.1. The van der Waals surface area contributed by atoms with Gasteiger partial charge in [0, 0.05) is 29.7 Å². The lowest BCUT2D eigenvalue weighted by Crippen LogP contribution is -2.16. The van der Waals surface area contributed by atoms with E-state index in [1.807, 2.05) is 5.38 Å². The van der Waals surface area contributed by atoms with Gasteiger partial charge in [0.2, 0.25) is 5.91 Å². The zero-order chi connectivity index (χ0) is 17.9. The first-order valence-electron chi connectivity index (χ1n) is 8.87. The molecular weight excluding hydrogens is 352 g/mol. The second-order valence-electron chi connectivity index (χ2n) is 6.54. The molecule has 1 aliphatic carbocycles. The smallest absolute Gasteiger partial charge is 0.226 e. The molecule has 0 radical (unpaired) electrons. The molecule has 1 aliphatic heterocycles. The first-order chi connectivity index (χ1) is 12.7. The molecule has 0 spiro atoms. The maximum atomic E-state index is 12.3. The number of carbonyl (C=O) groups excluding carboxylic acids is 2. The number of ketones is 1. The molecule has 1 amide bonds. The molecular formula is C19H20N2O4S. The summed E-state index contributed by atoms with van der Waals surface area (Å²) < 4.78 is 10.9. The number of rotatable bonds is 6. The third-order valence-electron chi connectivity index (χ3n) is 4.74. The van der Waals surface area contributed by atoms with E-state index in [4.69, 9.17) is 9.47 Å². The zero-order valence-corrected chi connectivity index (χ0v) is 15.1. The number of amides is 1. The van der Waals surface area contributed by atoms with Crippen molar-refractivity contribution in [3.63, 3.8) is 0 Å². The molecule has 2 aliphatic rings. The zero-order valence-electron chi connectivity index (χ0n) is 14.3. The molecule has 1 N–H and O–H groups in total. The SMILES string of the molecule is O=C(CCC(=O)c1ccc2c(c1)OCCO2)Nc1nc(C2CCC2)cs1. The summed E-state index contributed by atoms with van der Waals surface area (Å²) in [6, 6.07) is 5.12. The number of benzene rings is 1. The van der Waals surface area contributed by atoms with E-state index in [2.05, 4.69) is 10.3 Å². The van der Waals surface area contributed by atoms with Crippen LogP contribution in [0.15, 0.2) is 23.6 Å². The quantitative estimate of drug-likeness (QED) is 0.781. The summed E-state index contributed by atoms with van der Waals surface area (Å²) in [4.78, 5) is 28.9. The Kier molecular flexibility index (Phi) is 4.88. The fourth-order valence-corrected chi connectivity index (χ4v) is 3.81. The van der Waals surface area contributed by atoms with Gasteiger partial charge in [0.25, 0.3) is 0 Å². The molecule has 0 atom stereocenters. The molecule has 4 rings (SSSR count). The van der Waals surface area contributed by atoms with Crippen molar-refractivity contribution in [1.29, 1.82) is 0 Å². The molecule has 0 unspecified atom stereocenters. The van der Waals surface area contributed by atoms with E-state index in [1.165, 1.54) is 30.6 Å². The normalized spacial score (nSPS) is 16.0. The first-order valence-corrected chi connectivity index (χ1v) is 9.75. The highest BCUT2D eigenvalue weighted by molar-refractivity contribution is 7.13. The van der Waals surface area contributed by atoms with Gasteiger partial charge in [-0.25, -0.2) is 4.98 Å². The van der Waals surface area contributed by atoms with Gasteiger partial charge in [0.05, 0.1) is 5.69 Å². The Morgan fingerprint density at radius 3 is 2.73 bits per heavy atom. The fourth-order valence-electron chi connectivity index (χ4n) is 3.01. The van der Waals surface area contributed by atoms with Crippen molar-refractivity contribution in [2.24, 2.45) is 0 Å². The van der Waals surface area contributed by atoms with Crippen LogP contribution in [0.3, 0.4) is 0 Å². The summed E-state index contributed by atoms with van der Waals surface area (Å²) in [5.74, 6) is 1.50. The minimum absolute atomic E-state index is 0.0913. The highest BCUT2D eigenvalue weighted by Gasteiger charge is 2.22. The topological polar surface area (TPSA) is 77.5 Å². The van der Waals surface area contributed by atoms with Crippen molar-refractivity contribution in [2.45, 2.75) is 38.0 Å². The van der Waals surface area contributed by atoms with Crippen LogP contribution in [0.4, 0.5) is 5.13 Å². The Morgan fingerprint density at radius 1 is 1.15 bits per heavy atom. The third kappa shape index (κ3) is 3.72.